The molecule has 0 bridgehead atoms. The molecule has 198 valence electrons. The van der Waals surface area contributed by atoms with Crippen LogP contribution in [-0.4, -0.2) is 29.2 Å². The van der Waals surface area contributed by atoms with Gasteiger partial charge in [-0.3, -0.25) is 9.36 Å². The summed E-state index contributed by atoms with van der Waals surface area (Å²) in [5, 5.41) is 2.17. The van der Waals surface area contributed by atoms with Crippen LogP contribution in [0.1, 0.15) is 28.4 Å². The zero-order chi connectivity index (χ0) is 27.7. The SMILES string of the molecule is CCOC(=O)c1cn(-c2nc(NCc3ccc(OC)cc3)c(F)cc2F)c2c(C)c(F)c(F)c(N)c2c1=O. The number of nitrogens with zero attached hydrogens (tertiary/aromatic N) is 2. The summed E-state index contributed by atoms with van der Waals surface area (Å²) in [6.07, 6.45) is 0.878. The fraction of sp³-hybridized carbons (Fsp3) is 0.192. The number of esters is 1. The standard InChI is InChI=1S/C26H22F4N4O4/c1-4-38-26(36)15-11-34(22-12(2)19(29)20(30)21(31)18(22)23(15)35)25-17(28)9-16(27)24(33-25)32-10-13-5-7-14(37-3)8-6-13/h5-9,11H,4,10,31H2,1-3H3,(H,32,33). The van der Waals surface area contributed by atoms with Crippen LogP contribution in [0.15, 0.2) is 41.3 Å². The molecule has 3 N–H and O–H groups in total. The number of pyridine rings is 2. The summed E-state index contributed by atoms with van der Waals surface area (Å²) in [7, 11) is 1.51. The molecule has 0 amide bonds. The van der Waals surface area contributed by atoms with Crippen LogP contribution in [0.3, 0.4) is 0 Å². The Morgan fingerprint density at radius 2 is 1.79 bits per heavy atom. The summed E-state index contributed by atoms with van der Waals surface area (Å²) in [4.78, 5) is 29.6. The van der Waals surface area contributed by atoms with Gasteiger partial charge in [0.2, 0.25) is 5.43 Å². The second kappa shape index (κ2) is 10.4. The predicted octanol–water partition coefficient (Wildman–Crippen LogP) is 4.63. The lowest BCUT2D eigenvalue weighted by atomic mass is 10.0. The van der Waals surface area contributed by atoms with E-state index in [0.717, 1.165) is 23.3 Å². The average molecular weight is 530 g/mol. The van der Waals surface area contributed by atoms with Gasteiger partial charge in [-0.1, -0.05) is 12.1 Å². The van der Waals surface area contributed by atoms with Crippen molar-refractivity contribution in [2.24, 2.45) is 0 Å². The van der Waals surface area contributed by atoms with Gasteiger partial charge < -0.3 is 20.5 Å². The van der Waals surface area contributed by atoms with E-state index in [-0.39, 0.29) is 24.5 Å². The molecular formula is C26H22F4N4O4. The number of benzene rings is 2. The van der Waals surface area contributed by atoms with Gasteiger partial charge in [-0.05, 0) is 31.5 Å². The van der Waals surface area contributed by atoms with Crippen molar-refractivity contribution in [3.63, 3.8) is 0 Å². The first-order chi connectivity index (χ1) is 18.1. The molecule has 0 aliphatic heterocycles. The lowest BCUT2D eigenvalue weighted by Crippen LogP contribution is -2.23. The van der Waals surface area contributed by atoms with E-state index >= 15 is 4.39 Å². The van der Waals surface area contributed by atoms with Crippen molar-refractivity contribution in [3.8, 4) is 11.6 Å². The molecule has 4 rings (SSSR count). The van der Waals surface area contributed by atoms with Gasteiger partial charge in [0.05, 0.1) is 30.3 Å². The van der Waals surface area contributed by atoms with Gasteiger partial charge in [-0.15, -0.1) is 0 Å². The first kappa shape index (κ1) is 26.5. The molecule has 4 aromatic rings. The largest absolute Gasteiger partial charge is 0.497 e. The highest BCUT2D eigenvalue weighted by molar-refractivity contribution is 5.99. The van der Waals surface area contributed by atoms with E-state index in [1.54, 1.807) is 24.3 Å². The number of fused-ring (bicyclic) bond motifs is 1. The number of carbonyl (C=O) groups is 1. The molecule has 0 radical (unpaired) electrons. The summed E-state index contributed by atoms with van der Waals surface area (Å²) in [5.41, 5.74) is 3.14. The second-order valence-electron chi connectivity index (χ2n) is 8.18. The predicted molar refractivity (Wildman–Crippen MR) is 133 cm³/mol. The van der Waals surface area contributed by atoms with Crippen molar-refractivity contribution in [1.82, 2.24) is 9.55 Å². The Bertz CT molecular complexity index is 1620. The number of aryl methyl sites for hydroxylation is 1. The van der Waals surface area contributed by atoms with Gasteiger partial charge in [-0.25, -0.2) is 27.3 Å². The topological polar surface area (TPSA) is 108 Å². The van der Waals surface area contributed by atoms with Crippen LogP contribution < -0.4 is 21.2 Å². The molecule has 12 heteroatoms. The third-order valence-corrected chi connectivity index (χ3v) is 5.84. The second-order valence-corrected chi connectivity index (χ2v) is 8.18. The Balaban J connectivity index is 1.94. The summed E-state index contributed by atoms with van der Waals surface area (Å²) in [5.74, 6) is -6.61. The van der Waals surface area contributed by atoms with Gasteiger partial charge in [0.15, 0.2) is 34.9 Å². The first-order valence-corrected chi connectivity index (χ1v) is 11.3. The van der Waals surface area contributed by atoms with Gasteiger partial charge in [-0.2, -0.15) is 0 Å². The number of hydrogen-bond donors (Lipinski definition) is 2. The molecule has 38 heavy (non-hydrogen) atoms. The van der Waals surface area contributed by atoms with E-state index in [1.807, 2.05) is 0 Å². The van der Waals surface area contributed by atoms with Gasteiger partial charge in [0.1, 0.15) is 11.3 Å². The van der Waals surface area contributed by atoms with E-state index in [2.05, 4.69) is 10.3 Å². The van der Waals surface area contributed by atoms with E-state index < -0.39 is 62.7 Å². The van der Waals surface area contributed by atoms with Crippen molar-refractivity contribution in [1.29, 1.82) is 0 Å². The highest BCUT2D eigenvalue weighted by atomic mass is 19.2. The van der Waals surface area contributed by atoms with Crippen LogP contribution in [-0.2, 0) is 11.3 Å². The third-order valence-electron chi connectivity index (χ3n) is 5.84. The molecule has 2 aromatic heterocycles. The van der Waals surface area contributed by atoms with Gasteiger partial charge in [0, 0.05) is 24.4 Å². The summed E-state index contributed by atoms with van der Waals surface area (Å²) in [6, 6.07) is 7.37. The number of nitrogen functional groups attached to an aromatic ring is 1. The van der Waals surface area contributed by atoms with Crippen LogP contribution in [0.25, 0.3) is 16.7 Å². The molecule has 2 heterocycles. The molecule has 0 aliphatic rings. The van der Waals surface area contributed by atoms with E-state index in [0.29, 0.717) is 11.8 Å². The van der Waals surface area contributed by atoms with Crippen molar-refractivity contribution in [2.45, 2.75) is 20.4 Å². The highest BCUT2D eigenvalue weighted by Crippen LogP contribution is 2.31. The number of halogens is 4. The van der Waals surface area contributed by atoms with Crippen molar-refractivity contribution in [3.05, 3.63) is 86.7 Å². The lowest BCUT2D eigenvalue weighted by Gasteiger charge is -2.18. The van der Waals surface area contributed by atoms with Crippen LogP contribution in [0, 0.1) is 30.2 Å². The quantitative estimate of drug-likeness (QED) is 0.204. The maximum absolute atomic E-state index is 15.1. The minimum absolute atomic E-state index is 0.0871. The van der Waals surface area contributed by atoms with Gasteiger partial charge in [0.25, 0.3) is 0 Å². The molecule has 0 fully saturated rings. The lowest BCUT2D eigenvalue weighted by molar-refractivity contribution is 0.0524. The molecule has 0 aliphatic carbocycles. The molecule has 0 saturated carbocycles. The molecule has 0 spiro atoms. The number of methoxy groups -OCH3 is 1. The number of rotatable bonds is 7. The minimum Gasteiger partial charge on any atom is -0.497 e. The summed E-state index contributed by atoms with van der Waals surface area (Å²) in [6.45, 7) is 2.62. The van der Waals surface area contributed by atoms with Crippen LogP contribution in [0.2, 0.25) is 0 Å². The van der Waals surface area contributed by atoms with E-state index in [1.165, 1.54) is 14.0 Å². The number of nitrogens with two attached hydrogens (primary N) is 1. The Morgan fingerprint density at radius 3 is 2.42 bits per heavy atom. The number of ether oxygens (including phenoxy) is 2. The van der Waals surface area contributed by atoms with E-state index in [4.69, 9.17) is 15.2 Å². The van der Waals surface area contributed by atoms with Crippen LogP contribution in [0.4, 0.5) is 29.1 Å². The fourth-order valence-corrected chi connectivity index (χ4v) is 3.93. The number of aromatic nitrogens is 2. The highest BCUT2D eigenvalue weighted by Gasteiger charge is 2.27. The maximum Gasteiger partial charge on any atom is 0.343 e. The molecular weight excluding hydrogens is 508 g/mol. The molecule has 2 aromatic carbocycles. The van der Waals surface area contributed by atoms with Gasteiger partial charge >= 0.3 is 5.97 Å². The number of hydrogen-bond acceptors (Lipinski definition) is 7. The Labute approximate surface area is 213 Å². The molecule has 0 atom stereocenters. The smallest absolute Gasteiger partial charge is 0.343 e. The van der Waals surface area contributed by atoms with Crippen LogP contribution in [0.5, 0.6) is 5.75 Å². The number of anilines is 2. The normalized spacial score (nSPS) is 11.0. The number of nitrogens with one attached hydrogen (secondary N) is 1. The van der Waals surface area contributed by atoms with Crippen molar-refractivity contribution in [2.75, 3.05) is 24.8 Å². The van der Waals surface area contributed by atoms with E-state index in [9.17, 15) is 22.8 Å². The zero-order valence-electron chi connectivity index (χ0n) is 20.5. The summed E-state index contributed by atoms with van der Waals surface area (Å²) >= 11 is 0. The average Bonchev–Trinajstić information content (AvgIpc) is 2.90. The first-order valence-electron chi connectivity index (χ1n) is 11.3. The molecule has 0 unspecified atom stereocenters. The molecule has 0 saturated heterocycles. The Hall–Kier alpha value is -4.61. The van der Waals surface area contributed by atoms with Crippen molar-refractivity contribution >= 4 is 28.4 Å². The zero-order valence-corrected chi connectivity index (χ0v) is 20.5. The Morgan fingerprint density at radius 1 is 1.11 bits per heavy atom. The third kappa shape index (κ3) is 4.60. The summed E-state index contributed by atoms with van der Waals surface area (Å²) < 4.78 is 69.8. The number of carbonyl (C=O) groups excluding carboxylic acids is 1. The maximum atomic E-state index is 15.1. The monoisotopic (exact) mass is 530 g/mol. The Kier molecular flexibility index (Phi) is 7.24. The fourth-order valence-electron chi connectivity index (χ4n) is 3.93. The molecule has 8 nitrogen and oxygen atoms in total. The minimum atomic E-state index is -1.51. The van der Waals surface area contributed by atoms with Crippen LogP contribution >= 0.6 is 0 Å². The van der Waals surface area contributed by atoms with Crippen molar-refractivity contribution < 1.29 is 31.8 Å².